The number of phenols is 1. The molecular formula is C29H35F4N3O5S. The molecule has 1 N–H and O–H groups in total. The summed E-state index contributed by atoms with van der Waals surface area (Å²) in [4.78, 5) is 30.7. The first-order valence-corrected chi connectivity index (χ1v) is 15.5. The molecule has 4 atom stereocenters. The molecule has 4 rings (SSSR count). The lowest BCUT2D eigenvalue weighted by Crippen LogP contribution is -2.56. The van der Waals surface area contributed by atoms with Gasteiger partial charge in [-0.3, -0.25) is 9.59 Å². The fourth-order valence-corrected chi connectivity index (χ4v) is 6.54. The van der Waals surface area contributed by atoms with Gasteiger partial charge in [-0.25, -0.2) is 17.1 Å². The maximum absolute atomic E-state index is 14.8. The number of halogens is 4. The molecule has 2 fully saturated rings. The number of piperidine rings is 1. The average Bonchev–Trinajstić information content (AvgIpc) is 3.42. The normalized spacial score (nSPS) is 23.9. The molecule has 2 aromatic rings. The molecule has 0 bridgehead atoms. The lowest BCUT2D eigenvalue weighted by Gasteiger charge is -2.45. The zero-order valence-electron chi connectivity index (χ0n) is 23.6. The van der Waals surface area contributed by atoms with Crippen molar-refractivity contribution in [1.82, 2.24) is 14.1 Å². The fourth-order valence-electron chi connectivity index (χ4n) is 6.12. The van der Waals surface area contributed by atoms with Gasteiger partial charge in [0.1, 0.15) is 17.6 Å². The van der Waals surface area contributed by atoms with Crippen LogP contribution in [0.4, 0.5) is 17.6 Å². The number of benzene rings is 2. The number of amides is 1. The predicted molar refractivity (Wildman–Crippen MR) is 148 cm³/mol. The zero-order chi connectivity index (χ0) is 31.0. The summed E-state index contributed by atoms with van der Waals surface area (Å²) in [5.74, 6) is -5.12. The highest BCUT2D eigenvalue weighted by Crippen LogP contribution is 2.44. The minimum atomic E-state index is -4.64. The molecule has 0 spiro atoms. The summed E-state index contributed by atoms with van der Waals surface area (Å²) >= 11 is 0. The second-order valence-electron chi connectivity index (χ2n) is 11.2. The lowest BCUT2D eigenvalue weighted by molar-refractivity contribution is -0.185. The molecule has 8 nitrogen and oxygen atoms in total. The van der Waals surface area contributed by atoms with Crippen LogP contribution in [0.2, 0.25) is 0 Å². The van der Waals surface area contributed by atoms with Gasteiger partial charge < -0.3 is 14.9 Å². The second kappa shape index (κ2) is 12.3. The van der Waals surface area contributed by atoms with E-state index in [0.29, 0.717) is 5.56 Å². The van der Waals surface area contributed by atoms with Gasteiger partial charge in [0.25, 0.3) is 0 Å². The second-order valence-corrected chi connectivity index (χ2v) is 13.3. The summed E-state index contributed by atoms with van der Waals surface area (Å²) in [5.41, 5.74) is 0.672. The number of alkyl halides is 3. The largest absolute Gasteiger partial charge is 0.508 e. The molecule has 0 saturated carbocycles. The first kappa shape index (κ1) is 31.9. The van der Waals surface area contributed by atoms with Gasteiger partial charge in [0, 0.05) is 57.2 Å². The van der Waals surface area contributed by atoms with E-state index in [2.05, 4.69) is 0 Å². The maximum atomic E-state index is 14.8. The van der Waals surface area contributed by atoms with E-state index in [4.69, 9.17) is 0 Å². The summed E-state index contributed by atoms with van der Waals surface area (Å²) in [7, 11) is -2.16. The Morgan fingerprint density at radius 3 is 2.40 bits per heavy atom. The molecule has 1 amide bonds. The Hall–Kier alpha value is -3.03. The Morgan fingerprint density at radius 2 is 1.76 bits per heavy atom. The van der Waals surface area contributed by atoms with Crippen LogP contribution in [-0.4, -0.2) is 97.6 Å². The standard InChI is InChI=1S/C29H35F4N3O5S/c1-18-21(9-5-10-24(18)30)26-22(27(38)19-7-4-8-20(37)15-19)16-35(14-13-34(2)42(3,40)41)17-23(26)28(39)36-12-6-11-25(36)29(31,32)33/h4-5,7-10,15,22-23,25-26,37H,6,11-14,16-17H2,1-3H3/t22-,23-,25+,26-/m0/s1. The van der Waals surface area contributed by atoms with Gasteiger partial charge >= 0.3 is 6.18 Å². The number of carbonyl (C=O) groups is 2. The number of aromatic hydroxyl groups is 1. The molecule has 0 aliphatic carbocycles. The highest BCUT2D eigenvalue weighted by molar-refractivity contribution is 7.88. The molecule has 230 valence electrons. The Bertz CT molecular complexity index is 1430. The van der Waals surface area contributed by atoms with Crippen LogP contribution < -0.4 is 0 Å². The molecule has 0 radical (unpaired) electrons. The number of carbonyl (C=O) groups excluding carboxylic acids is 2. The third kappa shape index (κ3) is 6.78. The smallest absolute Gasteiger partial charge is 0.408 e. The number of rotatable bonds is 8. The van der Waals surface area contributed by atoms with Crippen molar-refractivity contribution in [2.45, 2.75) is 37.9 Å². The first-order chi connectivity index (χ1) is 19.6. The van der Waals surface area contributed by atoms with Crippen molar-refractivity contribution < 1.29 is 40.7 Å². The Labute approximate surface area is 243 Å². The SMILES string of the molecule is Cc1c(F)cccc1[C@H]1[C@@H](C(=O)c2cccc(O)c2)CN(CCN(C)S(C)(=O)=O)C[C@@H]1C(=O)N1CCC[C@@H]1C(F)(F)F. The van der Waals surface area contributed by atoms with E-state index in [0.717, 1.165) is 15.5 Å². The van der Waals surface area contributed by atoms with E-state index in [1.165, 1.54) is 50.4 Å². The molecular weight excluding hydrogens is 578 g/mol. The van der Waals surface area contributed by atoms with E-state index < -0.39 is 57.5 Å². The van der Waals surface area contributed by atoms with E-state index in [1.807, 2.05) is 0 Å². The maximum Gasteiger partial charge on any atom is 0.408 e. The summed E-state index contributed by atoms with van der Waals surface area (Å²) in [6.45, 7) is 1.52. The molecule has 2 saturated heterocycles. The predicted octanol–water partition coefficient (Wildman–Crippen LogP) is 3.80. The van der Waals surface area contributed by atoms with Crippen LogP contribution in [0, 0.1) is 24.6 Å². The van der Waals surface area contributed by atoms with Crippen molar-refractivity contribution in [2.75, 3.05) is 46.0 Å². The summed E-state index contributed by atoms with van der Waals surface area (Å²) in [5, 5.41) is 10.0. The van der Waals surface area contributed by atoms with Crippen LogP contribution in [0.3, 0.4) is 0 Å². The molecule has 2 aromatic carbocycles. The van der Waals surface area contributed by atoms with Gasteiger partial charge in [0.15, 0.2) is 5.78 Å². The number of phenolic OH excluding ortho intramolecular Hbond substituents is 1. The van der Waals surface area contributed by atoms with E-state index in [9.17, 15) is 40.7 Å². The number of ketones is 1. The fraction of sp³-hybridized carbons (Fsp3) is 0.517. The van der Waals surface area contributed by atoms with Gasteiger partial charge in [-0.2, -0.15) is 13.2 Å². The third-order valence-electron chi connectivity index (χ3n) is 8.44. The molecule has 0 aromatic heterocycles. The van der Waals surface area contributed by atoms with E-state index in [-0.39, 0.29) is 62.4 Å². The van der Waals surface area contributed by atoms with Crippen molar-refractivity contribution in [3.8, 4) is 5.75 Å². The highest BCUT2D eigenvalue weighted by atomic mass is 32.2. The van der Waals surface area contributed by atoms with Crippen LogP contribution in [0.15, 0.2) is 42.5 Å². The van der Waals surface area contributed by atoms with E-state index in [1.54, 1.807) is 11.0 Å². The third-order valence-corrected chi connectivity index (χ3v) is 9.76. The van der Waals surface area contributed by atoms with E-state index >= 15 is 0 Å². The number of nitrogens with zero attached hydrogens (tertiary/aromatic N) is 3. The highest BCUT2D eigenvalue weighted by Gasteiger charge is 2.52. The van der Waals surface area contributed by atoms with Crippen molar-refractivity contribution in [2.24, 2.45) is 11.8 Å². The number of hydrogen-bond donors (Lipinski definition) is 1. The summed E-state index contributed by atoms with van der Waals surface area (Å²) in [6, 6.07) is 7.92. The minimum Gasteiger partial charge on any atom is -0.508 e. The van der Waals surface area contributed by atoms with Crippen LogP contribution in [0.5, 0.6) is 5.75 Å². The zero-order valence-corrected chi connectivity index (χ0v) is 24.5. The molecule has 42 heavy (non-hydrogen) atoms. The van der Waals surface area contributed by atoms with Crippen LogP contribution in [0.25, 0.3) is 0 Å². The molecule has 2 aliphatic heterocycles. The number of likely N-dealkylation sites (N-methyl/N-ethyl adjacent to an activating group) is 1. The number of hydrogen-bond acceptors (Lipinski definition) is 6. The average molecular weight is 614 g/mol. The van der Waals surface area contributed by atoms with Gasteiger partial charge in [0.05, 0.1) is 12.2 Å². The lowest BCUT2D eigenvalue weighted by atomic mass is 9.69. The van der Waals surface area contributed by atoms with Crippen LogP contribution in [0.1, 0.15) is 40.2 Å². The van der Waals surface area contributed by atoms with Crippen LogP contribution in [-0.2, 0) is 14.8 Å². The minimum absolute atomic E-state index is 0.0192. The Kier molecular flexibility index (Phi) is 9.34. The van der Waals surface area contributed by atoms with Crippen molar-refractivity contribution in [3.05, 3.63) is 65.0 Å². The molecule has 2 aliphatic rings. The first-order valence-electron chi connectivity index (χ1n) is 13.7. The Balaban J connectivity index is 1.82. The van der Waals surface area contributed by atoms with Crippen molar-refractivity contribution in [3.63, 3.8) is 0 Å². The van der Waals surface area contributed by atoms with Crippen molar-refractivity contribution in [1.29, 1.82) is 0 Å². The number of Topliss-reactive ketones (excluding diaryl/α,β-unsaturated/α-hetero) is 1. The van der Waals surface area contributed by atoms with Gasteiger partial charge in [-0.05, 0) is 49.1 Å². The quantitative estimate of drug-likeness (QED) is 0.360. The van der Waals surface area contributed by atoms with Gasteiger partial charge in [-0.1, -0.05) is 24.3 Å². The Morgan fingerprint density at radius 1 is 1.10 bits per heavy atom. The summed E-state index contributed by atoms with van der Waals surface area (Å²) in [6.07, 6.45) is -3.67. The number of sulfonamides is 1. The van der Waals surface area contributed by atoms with Crippen molar-refractivity contribution >= 4 is 21.7 Å². The topological polar surface area (TPSA) is 98.2 Å². The molecule has 0 unspecified atom stereocenters. The van der Waals surface area contributed by atoms with Gasteiger partial charge in [0.2, 0.25) is 15.9 Å². The molecule has 13 heteroatoms. The van der Waals surface area contributed by atoms with Gasteiger partial charge in [-0.15, -0.1) is 0 Å². The van der Waals surface area contributed by atoms with Crippen LogP contribution >= 0.6 is 0 Å². The monoisotopic (exact) mass is 613 g/mol. The summed E-state index contributed by atoms with van der Waals surface area (Å²) < 4.78 is 81.8. The number of likely N-dealkylation sites (tertiary alicyclic amines) is 2. The molecule has 2 heterocycles.